The maximum atomic E-state index is 6.26. The molecule has 0 amide bonds. The minimum Gasteiger partial charge on any atom is -0.452 e. The first-order chi connectivity index (χ1) is 9.34. The van der Waals surface area contributed by atoms with Gasteiger partial charge in [0.1, 0.15) is 5.75 Å². The molecule has 1 aromatic carbocycles. The number of benzene rings is 1. The van der Waals surface area contributed by atoms with E-state index in [0.717, 1.165) is 11.4 Å². The highest BCUT2D eigenvalue weighted by Crippen LogP contribution is 2.30. The van der Waals surface area contributed by atoms with Crippen molar-refractivity contribution in [3.05, 3.63) is 66.2 Å². The highest BCUT2D eigenvalue weighted by molar-refractivity contribution is 6.31. The summed E-state index contributed by atoms with van der Waals surface area (Å²) in [6, 6.07) is 13.1. The zero-order valence-corrected chi connectivity index (χ0v) is 10.7. The second kappa shape index (κ2) is 5.12. The summed E-state index contributed by atoms with van der Waals surface area (Å²) in [5.74, 6) is 1.23. The summed E-state index contributed by atoms with van der Waals surface area (Å²) in [5, 5.41) is 4.62. The first-order valence-corrected chi connectivity index (χ1v) is 6.09. The molecule has 0 unspecified atom stereocenters. The van der Waals surface area contributed by atoms with E-state index in [1.807, 2.05) is 42.5 Å². The Hall–Kier alpha value is -2.33. The van der Waals surface area contributed by atoms with Crippen molar-refractivity contribution in [2.24, 2.45) is 0 Å². The van der Waals surface area contributed by atoms with Gasteiger partial charge in [-0.2, -0.15) is 5.10 Å². The van der Waals surface area contributed by atoms with E-state index in [0.29, 0.717) is 10.9 Å². The Morgan fingerprint density at radius 3 is 2.58 bits per heavy atom. The third-order valence-corrected chi connectivity index (χ3v) is 2.89. The second-order valence-electron chi connectivity index (χ2n) is 3.84. The molecular weight excluding hydrogens is 262 g/mol. The van der Waals surface area contributed by atoms with Gasteiger partial charge < -0.3 is 4.74 Å². The number of hydrogen-bond donors (Lipinski definition) is 0. The zero-order valence-electron chi connectivity index (χ0n) is 9.90. The van der Waals surface area contributed by atoms with Crippen LogP contribution in [0.1, 0.15) is 0 Å². The van der Waals surface area contributed by atoms with Gasteiger partial charge in [-0.1, -0.05) is 29.8 Å². The van der Waals surface area contributed by atoms with Crippen LogP contribution in [0.4, 0.5) is 0 Å². The van der Waals surface area contributed by atoms with Crippen LogP contribution in [0, 0.1) is 0 Å². The average Bonchev–Trinajstić information content (AvgIpc) is 2.82. The molecule has 0 aliphatic carbocycles. The molecule has 0 saturated carbocycles. The lowest BCUT2D eigenvalue weighted by Crippen LogP contribution is -1.96. The quantitative estimate of drug-likeness (QED) is 0.729. The fourth-order valence-electron chi connectivity index (χ4n) is 1.66. The smallest absolute Gasteiger partial charge is 0.184 e. The van der Waals surface area contributed by atoms with Crippen molar-refractivity contribution in [1.82, 2.24) is 14.8 Å². The van der Waals surface area contributed by atoms with E-state index in [1.165, 1.54) is 0 Å². The summed E-state index contributed by atoms with van der Waals surface area (Å²) >= 11 is 6.26. The Bertz CT molecular complexity index is 668. The van der Waals surface area contributed by atoms with E-state index >= 15 is 0 Å². The third kappa shape index (κ3) is 2.44. The van der Waals surface area contributed by atoms with Crippen molar-refractivity contribution >= 4 is 11.6 Å². The number of aromatic nitrogens is 3. The molecule has 3 rings (SSSR count). The molecule has 94 valence electrons. The number of hydrogen-bond acceptors (Lipinski definition) is 3. The standard InChI is InChI=1S/C14H10ClN3O/c15-14-13(19-12-6-2-1-3-7-12)10-17-18(14)11-5-4-8-16-9-11/h1-10H. The lowest BCUT2D eigenvalue weighted by atomic mass is 10.3. The molecular formula is C14H10ClN3O. The van der Waals surface area contributed by atoms with E-state index in [1.54, 1.807) is 23.3 Å². The lowest BCUT2D eigenvalue weighted by Gasteiger charge is -2.04. The molecule has 0 aliphatic rings. The van der Waals surface area contributed by atoms with Gasteiger partial charge in [0.05, 0.1) is 18.1 Å². The summed E-state index contributed by atoms with van der Waals surface area (Å²) in [5.41, 5.74) is 0.787. The Labute approximate surface area is 115 Å². The Morgan fingerprint density at radius 1 is 1.00 bits per heavy atom. The van der Waals surface area contributed by atoms with E-state index in [-0.39, 0.29) is 0 Å². The van der Waals surface area contributed by atoms with Gasteiger partial charge in [0, 0.05) is 6.20 Å². The highest BCUT2D eigenvalue weighted by Gasteiger charge is 2.11. The molecule has 0 aliphatic heterocycles. The summed E-state index contributed by atoms with van der Waals surface area (Å²) in [6.07, 6.45) is 4.97. The van der Waals surface area contributed by atoms with E-state index in [2.05, 4.69) is 10.1 Å². The molecule has 0 bridgehead atoms. The van der Waals surface area contributed by atoms with Crippen molar-refractivity contribution in [1.29, 1.82) is 0 Å². The number of halogens is 1. The van der Waals surface area contributed by atoms with Gasteiger partial charge in [0.25, 0.3) is 0 Å². The fourth-order valence-corrected chi connectivity index (χ4v) is 1.89. The van der Waals surface area contributed by atoms with Crippen molar-refractivity contribution in [3.8, 4) is 17.2 Å². The topological polar surface area (TPSA) is 39.9 Å². The van der Waals surface area contributed by atoms with Crippen LogP contribution in [0.5, 0.6) is 11.5 Å². The molecule has 0 saturated heterocycles. The fraction of sp³-hybridized carbons (Fsp3) is 0. The number of rotatable bonds is 3. The zero-order chi connectivity index (χ0) is 13.1. The Morgan fingerprint density at radius 2 is 1.84 bits per heavy atom. The SMILES string of the molecule is Clc1c(Oc2ccccc2)cnn1-c1cccnc1. The molecule has 4 nitrogen and oxygen atoms in total. The summed E-state index contributed by atoms with van der Waals surface area (Å²) in [7, 11) is 0. The van der Waals surface area contributed by atoms with E-state index in [4.69, 9.17) is 16.3 Å². The normalized spacial score (nSPS) is 10.4. The molecule has 3 aromatic rings. The van der Waals surface area contributed by atoms with Gasteiger partial charge in [-0.3, -0.25) is 4.98 Å². The van der Waals surface area contributed by atoms with Crippen LogP contribution >= 0.6 is 11.6 Å². The van der Waals surface area contributed by atoms with Crippen LogP contribution in [0.3, 0.4) is 0 Å². The summed E-state index contributed by atoms with van der Waals surface area (Å²) in [6.45, 7) is 0. The second-order valence-corrected chi connectivity index (χ2v) is 4.20. The molecule has 2 aromatic heterocycles. The Kier molecular flexibility index (Phi) is 3.16. The van der Waals surface area contributed by atoms with Crippen LogP contribution in [0.2, 0.25) is 5.15 Å². The van der Waals surface area contributed by atoms with Gasteiger partial charge in [-0.15, -0.1) is 0 Å². The molecule has 0 N–H and O–H groups in total. The third-order valence-electron chi connectivity index (χ3n) is 2.54. The van der Waals surface area contributed by atoms with Gasteiger partial charge in [-0.05, 0) is 24.3 Å². The maximum Gasteiger partial charge on any atom is 0.184 e. The van der Waals surface area contributed by atoms with Crippen LogP contribution in [-0.4, -0.2) is 14.8 Å². The predicted octanol–water partition coefficient (Wildman–Crippen LogP) is 3.71. The van der Waals surface area contributed by atoms with Crippen molar-refractivity contribution in [3.63, 3.8) is 0 Å². The van der Waals surface area contributed by atoms with Crippen LogP contribution < -0.4 is 4.74 Å². The molecule has 0 radical (unpaired) electrons. The van der Waals surface area contributed by atoms with Crippen molar-refractivity contribution < 1.29 is 4.74 Å². The first kappa shape index (κ1) is 11.7. The Balaban J connectivity index is 1.92. The van der Waals surface area contributed by atoms with Crippen molar-refractivity contribution in [2.75, 3.05) is 0 Å². The summed E-state index contributed by atoms with van der Waals surface area (Å²) < 4.78 is 7.25. The van der Waals surface area contributed by atoms with Crippen LogP contribution in [0.15, 0.2) is 61.1 Å². The lowest BCUT2D eigenvalue weighted by molar-refractivity contribution is 0.483. The van der Waals surface area contributed by atoms with E-state index < -0.39 is 0 Å². The van der Waals surface area contributed by atoms with Crippen LogP contribution in [-0.2, 0) is 0 Å². The number of pyridine rings is 1. The molecule has 0 fully saturated rings. The van der Waals surface area contributed by atoms with Gasteiger partial charge in [0.2, 0.25) is 0 Å². The van der Waals surface area contributed by atoms with Gasteiger partial charge in [0.15, 0.2) is 10.9 Å². The highest BCUT2D eigenvalue weighted by atomic mass is 35.5. The molecule has 0 spiro atoms. The number of ether oxygens (including phenoxy) is 1. The maximum absolute atomic E-state index is 6.26. The van der Waals surface area contributed by atoms with Crippen molar-refractivity contribution in [2.45, 2.75) is 0 Å². The van der Waals surface area contributed by atoms with Crippen LogP contribution in [0.25, 0.3) is 5.69 Å². The van der Waals surface area contributed by atoms with E-state index in [9.17, 15) is 0 Å². The van der Waals surface area contributed by atoms with Gasteiger partial charge in [-0.25, -0.2) is 4.68 Å². The summed E-state index contributed by atoms with van der Waals surface area (Å²) in [4.78, 5) is 4.04. The number of para-hydroxylation sites is 1. The molecule has 2 heterocycles. The van der Waals surface area contributed by atoms with Gasteiger partial charge >= 0.3 is 0 Å². The predicted molar refractivity (Wildman–Crippen MR) is 72.9 cm³/mol. The molecule has 0 atom stereocenters. The minimum atomic E-state index is 0.414. The minimum absolute atomic E-state index is 0.414. The first-order valence-electron chi connectivity index (χ1n) is 5.71. The molecule has 5 heteroatoms. The average molecular weight is 272 g/mol. The number of nitrogens with zero attached hydrogens (tertiary/aromatic N) is 3. The largest absolute Gasteiger partial charge is 0.452 e. The molecule has 19 heavy (non-hydrogen) atoms. The monoisotopic (exact) mass is 271 g/mol.